The first-order valence-electron chi connectivity index (χ1n) is 8.35. The van der Waals surface area contributed by atoms with Crippen LogP contribution in [0.25, 0.3) is 11.0 Å². The minimum Gasteiger partial charge on any atom is -0.342 e. The Morgan fingerprint density at radius 2 is 2.04 bits per heavy atom. The Kier molecular flexibility index (Phi) is 3.59. The number of anilines is 1. The summed E-state index contributed by atoms with van der Waals surface area (Å²) >= 11 is 0. The van der Waals surface area contributed by atoms with Gasteiger partial charge in [0, 0.05) is 26.1 Å². The van der Waals surface area contributed by atoms with Crippen LogP contribution in [0.2, 0.25) is 0 Å². The number of aromatic amines is 1. The topological polar surface area (TPSA) is 66.8 Å². The van der Waals surface area contributed by atoms with Gasteiger partial charge in [0.1, 0.15) is 5.39 Å². The Morgan fingerprint density at radius 1 is 1.25 bits per heavy atom. The fourth-order valence-electron chi connectivity index (χ4n) is 3.84. The van der Waals surface area contributed by atoms with Gasteiger partial charge in [-0.2, -0.15) is 10.1 Å². The Balaban J connectivity index is 1.71. The quantitative estimate of drug-likeness (QED) is 0.804. The number of hydrogen-bond donors (Lipinski definition) is 1. The van der Waals surface area contributed by atoms with Crippen LogP contribution in [0, 0.1) is 0 Å². The normalized spacial score (nSPS) is 20.6. The molecule has 124 valence electrons. The second-order valence-electron chi connectivity index (χ2n) is 6.52. The van der Waals surface area contributed by atoms with Crippen LogP contribution in [0.3, 0.4) is 0 Å². The van der Waals surface area contributed by atoms with Gasteiger partial charge in [-0.1, -0.05) is 36.8 Å². The van der Waals surface area contributed by atoms with E-state index in [0.29, 0.717) is 28.9 Å². The number of nitrogens with one attached hydrogen (secondary N) is 1. The molecule has 2 atom stereocenters. The molecule has 24 heavy (non-hydrogen) atoms. The van der Waals surface area contributed by atoms with Crippen molar-refractivity contribution in [2.75, 3.05) is 11.9 Å². The van der Waals surface area contributed by atoms with E-state index in [0.717, 1.165) is 12.8 Å². The maximum atomic E-state index is 12.3. The lowest BCUT2D eigenvalue weighted by Gasteiger charge is -2.30. The molecular weight excluding hydrogens is 302 g/mol. The molecule has 1 fully saturated rings. The van der Waals surface area contributed by atoms with Gasteiger partial charge in [-0.3, -0.25) is 14.5 Å². The lowest BCUT2D eigenvalue weighted by Crippen LogP contribution is -2.36. The summed E-state index contributed by atoms with van der Waals surface area (Å²) in [6.07, 6.45) is 5.01. The molecule has 1 N–H and O–H groups in total. The van der Waals surface area contributed by atoms with E-state index < -0.39 is 0 Å². The maximum absolute atomic E-state index is 12.3. The Hall–Kier alpha value is -2.63. The summed E-state index contributed by atoms with van der Waals surface area (Å²) in [5.41, 5.74) is 1.84. The standard InChI is InChI=1S/C18H21N5O/c1-22(15-10-6-9-13(15)12-7-4-3-5-8-12)18-20-16-14(17(24)21-18)11-19-23(16)2/h3-5,7-8,11,13,15H,6,9-10H2,1-2H3,(H,20,21,24)/t13-,15+/m0/s1. The zero-order valence-electron chi connectivity index (χ0n) is 13.9. The van der Waals surface area contributed by atoms with Gasteiger partial charge in [0.25, 0.3) is 5.56 Å². The van der Waals surface area contributed by atoms with Crippen molar-refractivity contribution in [3.63, 3.8) is 0 Å². The van der Waals surface area contributed by atoms with Crippen LogP contribution in [-0.4, -0.2) is 32.8 Å². The van der Waals surface area contributed by atoms with Crippen molar-refractivity contribution >= 4 is 17.0 Å². The number of fused-ring (bicyclic) bond motifs is 1. The molecular formula is C18H21N5O. The zero-order chi connectivity index (χ0) is 16.7. The molecule has 1 aromatic carbocycles. The van der Waals surface area contributed by atoms with Gasteiger partial charge >= 0.3 is 0 Å². The van der Waals surface area contributed by atoms with Gasteiger partial charge in [0.15, 0.2) is 5.65 Å². The third-order valence-electron chi connectivity index (χ3n) is 5.13. The molecule has 0 amide bonds. The van der Waals surface area contributed by atoms with Crippen LogP contribution in [0.4, 0.5) is 5.95 Å². The summed E-state index contributed by atoms with van der Waals surface area (Å²) in [4.78, 5) is 22.0. The largest absolute Gasteiger partial charge is 0.342 e. The van der Waals surface area contributed by atoms with E-state index in [1.807, 2.05) is 13.1 Å². The van der Waals surface area contributed by atoms with E-state index in [4.69, 9.17) is 0 Å². The monoisotopic (exact) mass is 323 g/mol. The second kappa shape index (κ2) is 5.78. The van der Waals surface area contributed by atoms with Crippen LogP contribution in [-0.2, 0) is 7.05 Å². The van der Waals surface area contributed by atoms with Crippen molar-refractivity contribution in [2.45, 2.75) is 31.2 Å². The lowest BCUT2D eigenvalue weighted by molar-refractivity contribution is 0.570. The van der Waals surface area contributed by atoms with E-state index in [2.05, 4.69) is 44.2 Å². The Labute approximate surface area is 140 Å². The minimum absolute atomic E-state index is 0.135. The molecule has 0 unspecified atom stereocenters. The molecule has 1 aliphatic rings. The zero-order valence-corrected chi connectivity index (χ0v) is 13.9. The molecule has 6 nitrogen and oxygen atoms in total. The first kappa shape index (κ1) is 14.9. The summed E-state index contributed by atoms with van der Waals surface area (Å²) in [5, 5.41) is 4.66. The van der Waals surface area contributed by atoms with Crippen LogP contribution in [0.15, 0.2) is 41.3 Å². The van der Waals surface area contributed by atoms with E-state index in [9.17, 15) is 4.79 Å². The average Bonchev–Trinajstić information content (AvgIpc) is 3.23. The minimum atomic E-state index is -0.135. The molecule has 0 spiro atoms. The molecule has 6 heteroatoms. The van der Waals surface area contributed by atoms with E-state index in [1.54, 1.807) is 17.9 Å². The van der Waals surface area contributed by atoms with Gasteiger partial charge in [0.2, 0.25) is 5.95 Å². The van der Waals surface area contributed by atoms with E-state index >= 15 is 0 Å². The first-order chi connectivity index (χ1) is 11.6. The number of rotatable bonds is 3. The molecule has 0 radical (unpaired) electrons. The first-order valence-corrected chi connectivity index (χ1v) is 8.35. The SMILES string of the molecule is CN(c1nc2c(cnn2C)c(=O)[nH]1)[C@@H]1CCC[C@H]1c1ccccc1. The average molecular weight is 323 g/mol. The number of nitrogens with zero attached hydrogens (tertiary/aromatic N) is 4. The number of likely N-dealkylation sites (N-methyl/N-ethyl adjacent to an activating group) is 1. The highest BCUT2D eigenvalue weighted by atomic mass is 16.1. The van der Waals surface area contributed by atoms with Gasteiger partial charge in [0.05, 0.1) is 6.20 Å². The van der Waals surface area contributed by atoms with Crippen LogP contribution >= 0.6 is 0 Å². The molecule has 0 aliphatic heterocycles. The Morgan fingerprint density at radius 3 is 2.83 bits per heavy atom. The smallest absolute Gasteiger partial charge is 0.263 e. The number of benzene rings is 1. The predicted molar refractivity (Wildman–Crippen MR) is 94.4 cm³/mol. The van der Waals surface area contributed by atoms with Gasteiger partial charge in [-0.05, 0) is 18.4 Å². The third kappa shape index (κ3) is 2.38. The molecule has 1 saturated carbocycles. The highest BCUT2D eigenvalue weighted by molar-refractivity contribution is 5.74. The molecule has 0 saturated heterocycles. The van der Waals surface area contributed by atoms with Crippen molar-refractivity contribution in [1.29, 1.82) is 0 Å². The third-order valence-corrected chi connectivity index (χ3v) is 5.13. The summed E-state index contributed by atoms with van der Waals surface area (Å²) in [7, 11) is 3.83. The fourth-order valence-corrected chi connectivity index (χ4v) is 3.84. The Bertz CT molecular complexity index is 914. The van der Waals surface area contributed by atoms with E-state index in [1.165, 1.54) is 12.0 Å². The van der Waals surface area contributed by atoms with Crippen molar-refractivity contribution in [3.8, 4) is 0 Å². The molecule has 3 aromatic rings. The molecule has 1 aliphatic carbocycles. The maximum Gasteiger partial charge on any atom is 0.263 e. The number of aromatic nitrogens is 4. The summed E-state index contributed by atoms with van der Waals surface area (Å²) in [6, 6.07) is 10.9. The lowest BCUT2D eigenvalue weighted by atomic mass is 9.93. The van der Waals surface area contributed by atoms with E-state index in [-0.39, 0.29) is 5.56 Å². The molecule has 4 rings (SSSR count). The van der Waals surface area contributed by atoms with Crippen molar-refractivity contribution in [2.24, 2.45) is 7.05 Å². The number of H-pyrrole nitrogens is 1. The molecule has 2 aromatic heterocycles. The number of aryl methyl sites for hydroxylation is 1. The fraction of sp³-hybridized carbons (Fsp3) is 0.389. The van der Waals surface area contributed by atoms with Crippen LogP contribution in [0.5, 0.6) is 0 Å². The summed E-state index contributed by atoms with van der Waals surface area (Å²) < 4.78 is 1.64. The van der Waals surface area contributed by atoms with Crippen molar-refractivity contribution in [1.82, 2.24) is 19.7 Å². The van der Waals surface area contributed by atoms with Crippen LogP contribution < -0.4 is 10.5 Å². The number of hydrogen-bond acceptors (Lipinski definition) is 4. The second-order valence-corrected chi connectivity index (χ2v) is 6.52. The highest BCUT2D eigenvalue weighted by Gasteiger charge is 2.32. The van der Waals surface area contributed by atoms with Crippen molar-refractivity contribution in [3.05, 3.63) is 52.4 Å². The highest BCUT2D eigenvalue weighted by Crippen LogP contribution is 2.38. The molecule has 2 heterocycles. The summed E-state index contributed by atoms with van der Waals surface area (Å²) in [5.74, 6) is 1.08. The van der Waals surface area contributed by atoms with Crippen LogP contribution in [0.1, 0.15) is 30.7 Å². The van der Waals surface area contributed by atoms with Gasteiger partial charge in [-0.15, -0.1) is 0 Å². The van der Waals surface area contributed by atoms with Gasteiger partial charge in [-0.25, -0.2) is 0 Å². The molecule has 0 bridgehead atoms. The summed E-state index contributed by atoms with van der Waals surface area (Å²) in [6.45, 7) is 0. The van der Waals surface area contributed by atoms with Crippen molar-refractivity contribution < 1.29 is 0 Å². The predicted octanol–water partition coefficient (Wildman–Crippen LogP) is 2.43. The van der Waals surface area contributed by atoms with Gasteiger partial charge < -0.3 is 4.90 Å².